The molecule has 2 amide bonds. The van der Waals surface area contributed by atoms with E-state index in [1.807, 2.05) is 12.1 Å². The predicted molar refractivity (Wildman–Crippen MR) is 153 cm³/mol. The van der Waals surface area contributed by atoms with Gasteiger partial charge < -0.3 is 10.6 Å². The van der Waals surface area contributed by atoms with E-state index in [0.29, 0.717) is 37.7 Å². The number of carbonyl (C=O) groups is 2. The molecule has 0 aliphatic rings. The van der Waals surface area contributed by atoms with Gasteiger partial charge in [0.1, 0.15) is 17.9 Å². The summed E-state index contributed by atoms with van der Waals surface area (Å²) in [5.74, 6) is -0.675. The molecule has 0 aliphatic carbocycles. The Balaban J connectivity index is 1.51. The van der Waals surface area contributed by atoms with E-state index in [-0.39, 0.29) is 23.6 Å². The number of benzene rings is 2. The fourth-order valence-corrected chi connectivity index (χ4v) is 4.64. The predicted octanol–water partition coefficient (Wildman–Crippen LogP) is 5.45. The molecule has 0 fully saturated rings. The van der Waals surface area contributed by atoms with Crippen LogP contribution in [0.2, 0.25) is 15.1 Å². The Labute approximate surface area is 243 Å². The number of nitrogens with zero attached hydrogens (tertiary/aromatic N) is 6. The quantitative estimate of drug-likeness (QED) is 0.258. The topological polar surface area (TPSA) is 120 Å². The number of nitrogens with one attached hydrogen (secondary N) is 2. The van der Waals surface area contributed by atoms with E-state index in [0.717, 1.165) is 5.56 Å². The molecule has 0 saturated carbocycles. The smallest absolute Gasteiger partial charge is 0.274 e. The lowest BCUT2D eigenvalue weighted by Gasteiger charge is -2.14. The molecule has 2 N–H and O–H groups in total. The minimum atomic E-state index is -0.536. The van der Waals surface area contributed by atoms with Crippen molar-refractivity contribution in [2.75, 3.05) is 12.4 Å². The zero-order valence-electron chi connectivity index (χ0n) is 21.2. The van der Waals surface area contributed by atoms with Crippen LogP contribution >= 0.6 is 34.8 Å². The average molecular weight is 596 g/mol. The Morgan fingerprint density at radius 2 is 1.73 bits per heavy atom. The number of aromatic nitrogens is 6. The van der Waals surface area contributed by atoms with E-state index in [1.165, 1.54) is 22.6 Å². The first-order valence-corrected chi connectivity index (χ1v) is 13.1. The summed E-state index contributed by atoms with van der Waals surface area (Å²) < 4.78 is 1.35. The van der Waals surface area contributed by atoms with Gasteiger partial charge in [-0.3, -0.25) is 9.59 Å². The van der Waals surface area contributed by atoms with Crippen LogP contribution in [0.5, 0.6) is 0 Å². The number of anilines is 1. The number of hydrogen-bond acceptors (Lipinski definition) is 6. The summed E-state index contributed by atoms with van der Waals surface area (Å²) in [5.41, 5.74) is 3.27. The van der Waals surface area contributed by atoms with Crippen LogP contribution in [0, 0.1) is 6.92 Å². The molecule has 10 nitrogen and oxygen atoms in total. The highest BCUT2D eigenvalue weighted by molar-refractivity contribution is 6.32. The lowest BCUT2D eigenvalue weighted by molar-refractivity contribution is 0.0964. The van der Waals surface area contributed by atoms with Crippen molar-refractivity contribution in [1.29, 1.82) is 0 Å². The summed E-state index contributed by atoms with van der Waals surface area (Å²) in [7, 11) is 1.50. The lowest BCUT2D eigenvalue weighted by atomic mass is 10.1. The van der Waals surface area contributed by atoms with Gasteiger partial charge in [-0.2, -0.15) is 20.1 Å². The molecule has 2 aromatic carbocycles. The Bertz CT molecular complexity index is 1730. The number of rotatable bonds is 7. The van der Waals surface area contributed by atoms with Gasteiger partial charge in [0.2, 0.25) is 0 Å². The molecule has 0 unspecified atom stereocenters. The van der Waals surface area contributed by atoms with Crippen molar-refractivity contribution < 1.29 is 9.59 Å². The molecule has 0 spiro atoms. The zero-order chi connectivity index (χ0) is 28.4. The molecule has 3 aromatic heterocycles. The molecule has 202 valence electrons. The number of aryl methyl sites for hydroxylation is 1. The second-order valence-electron chi connectivity index (χ2n) is 8.69. The van der Waals surface area contributed by atoms with Gasteiger partial charge in [-0.25, -0.2) is 9.67 Å². The average Bonchev–Trinajstić information content (AvgIpc) is 3.58. The summed E-state index contributed by atoms with van der Waals surface area (Å²) in [4.78, 5) is 32.0. The molecule has 0 aliphatic heterocycles. The van der Waals surface area contributed by atoms with Crippen LogP contribution in [0.25, 0.3) is 17.1 Å². The van der Waals surface area contributed by atoms with Crippen molar-refractivity contribution in [3.8, 4) is 17.1 Å². The molecule has 0 saturated heterocycles. The van der Waals surface area contributed by atoms with Gasteiger partial charge in [0.25, 0.3) is 11.8 Å². The van der Waals surface area contributed by atoms with Gasteiger partial charge in [0.15, 0.2) is 5.82 Å². The van der Waals surface area contributed by atoms with Crippen LogP contribution < -0.4 is 10.6 Å². The van der Waals surface area contributed by atoms with E-state index in [4.69, 9.17) is 34.8 Å². The van der Waals surface area contributed by atoms with Gasteiger partial charge in [-0.1, -0.05) is 46.9 Å². The largest absolute Gasteiger partial charge is 0.355 e. The van der Waals surface area contributed by atoms with E-state index in [2.05, 4.69) is 30.9 Å². The highest BCUT2D eigenvalue weighted by Gasteiger charge is 2.23. The maximum absolute atomic E-state index is 13.6. The fraction of sp³-hybridized carbons (Fsp3) is 0.111. The van der Waals surface area contributed by atoms with Crippen molar-refractivity contribution in [1.82, 2.24) is 35.1 Å². The van der Waals surface area contributed by atoms with E-state index in [9.17, 15) is 9.59 Å². The maximum atomic E-state index is 13.6. The Kier molecular flexibility index (Phi) is 7.83. The normalized spacial score (nSPS) is 10.9. The monoisotopic (exact) mass is 594 g/mol. The lowest BCUT2D eigenvalue weighted by Crippen LogP contribution is -2.23. The first kappa shape index (κ1) is 27.3. The van der Waals surface area contributed by atoms with Crippen molar-refractivity contribution >= 4 is 52.3 Å². The highest BCUT2D eigenvalue weighted by Crippen LogP contribution is 2.27. The second kappa shape index (κ2) is 11.5. The van der Waals surface area contributed by atoms with Crippen molar-refractivity contribution in [3.63, 3.8) is 0 Å². The SMILES string of the molecule is CNC(=O)c1cc(Cl)cc(C)c1NC(=O)c1cc(Cn2ncc(-c3ccc(Cl)cc3)n2)nn1-c1ncccc1Cl. The summed E-state index contributed by atoms with van der Waals surface area (Å²) >= 11 is 18.6. The van der Waals surface area contributed by atoms with E-state index >= 15 is 0 Å². The molecule has 0 radical (unpaired) electrons. The van der Waals surface area contributed by atoms with E-state index in [1.54, 1.807) is 55.7 Å². The van der Waals surface area contributed by atoms with Crippen LogP contribution in [-0.2, 0) is 6.54 Å². The van der Waals surface area contributed by atoms with Crippen LogP contribution in [0.15, 0.2) is 67.0 Å². The maximum Gasteiger partial charge on any atom is 0.274 e. The minimum Gasteiger partial charge on any atom is -0.355 e. The van der Waals surface area contributed by atoms with Crippen LogP contribution in [0.3, 0.4) is 0 Å². The molecular weight excluding hydrogens is 575 g/mol. The summed E-state index contributed by atoms with van der Waals surface area (Å²) in [6, 6.07) is 15.3. The minimum absolute atomic E-state index is 0.137. The molecular formula is C27H21Cl3N8O2. The van der Waals surface area contributed by atoms with Gasteiger partial charge >= 0.3 is 0 Å². The van der Waals surface area contributed by atoms with Gasteiger partial charge in [-0.05, 0) is 55.0 Å². The number of amides is 2. The summed E-state index contributed by atoms with van der Waals surface area (Å²) in [6.45, 7) is 1.91. The van der Waals surface area contributed by atoms with Crippen molar-refractivity contribution in [2.45, 2.75) is 13.5 Å². The molecule has 13 heteroatoms. The van der Waals surface area contributed by atoms with Gasteiger partial charge in [-0.15, -0.1) is 0 Å². The summed E-state index contributed by atoms with van der Waals surface area (Å²) in [6.07, 6.45) is 3.18. The first-order chi connectivity index (χ1) is 19.2. The number of carbonyl (C=O) groups excluding carboxylic acids is 2. The third-order valence-electron chi connectivity index (χ3n) is 5.92. The highest BCUT2D eigenvalue weighted by atomic mass is 35.5. The third kappa shape index (κ3) is 5.69. The van der Waals surface area contributed by atoms with Gasteiger partial charge in [0.05, 0.1) is 28.2 Å². The molecule has 40 heavy (non-hydrogen) atoms. The number of halogens is 3. The van der Waals surface area contributed by atoms with Crippen LogP contribution in [0.1, 0.15) is 32.1 Å². The molecule has 3 heterocycles. The van der Waals surface area contributed by atoms with Crippen molar-refractivity contribution in [3.05, 3.63) is 105 Å². The van der Waals surface area contributed by atoms with E-state index < -0.39 is 11.8 Å². The second-order valence-corrected chi connectivity index (χ2v) is 9.97. The molecule has 0 bridgehead atoms. The fourth-order valence-electron chi connectivity index (χ4n) is 4.04. The third-order valence-corrected chi connectivity index (χ3v) is 6.69. The Hall–Kier alpha value is -4.25. The first-order valence-electron chi connectivity index (χ1n) is 11.9. The number of pyridine rings is 1. The number of hydrogen-bond donors (Lipinski definition) is 2. The molecule has 5 aromatic rings. The van der Waals surface area contributed by atoms with Crippen molar-refractivity contribution in [2.24, 2.45) is 0 Å². The standard InChI is InChI=1S/C27H21Cl3N8O2/c1-15-10-18(29)11-20(26(39)31-2)24(15)34-27(40)23-12-19(35-38(23)25-21(30)4-3-9-32-25)14-37-33-13-22(36-37)16-5-7-17(28)8-6-16/h3-13H,14H2,1-2H3,(H,31,39)(H,34,40). The molecule has 5 rings (SSSR count). The van der Waals surface area contributed by atoms with Crippen LogP contribution in [-0.4, -0.2) is 48.6 Å². The Morgan fingerprint density at radius 1 is 0.950 bits per heavy atom. The summed E-state index contributed by atoms with van der Waals surface area (Å²) in [5, 5.41) is 20.1. The zero-order valence-corrected chi connectivity index (χ0v) is 23.5. The molecule has 0 atom stereocenters. The van der Waals surface area contributed by atoms with Crippen LogP contribution in [0.4, 0.5) is 5.69 Å². The van der Waals surface area contributed by atoms with Gasteiger partial charge in [0, 0.05) is 28.9 Å². The Morgan fingerprint density at radius 3 is 2.45 bits per heavy atom.